The van der Waals surface area contributed by atoms with Gasteiger partial charge in [0.25, 0.3) is 5.91 Å². The van der Waals surface area contributed by atoms with Gasteiger partial charge >= 0.3 is 0 Å². The van der Waals surface area contributed by atoms with Gasteiger partial charge < -0.3 is 4.90 Å². The van der Waals surface area contributed by atoms with Crippen LogP contribution in [0.3, 0.4) is 0 Å². The summed E-state index contributed by atoms with van der Waals surface area (Å²) in [7, 11) is 0. The molecule has 2 rings (SSSR count). The highest BCUT2D eigenvalue weighted by molar-refractivity contribution is 5.95. The molecule has 0 N–H and O–H groups in total. The van der Waals surface area contributed by atoms with Crippen molar-refractivity contribution in [1.29, 1.82) is 0 Å². The topological polar surface area (TPSA) is 33.2 Å². The first-order valence-corrected chi connectivity index (χ1v) is 6.97. The van der Waals surface area contributed by atoms with Crippen LogP contribution in [-0.2, 0) is 0 Å². The van der Waals surface area contributed by atoms with Crippen LogP contribution in [-0.4, -0.2) is 28.9 Å². The number of hydrogen-bond donors (Lipinski definition) is 0. The average Bonchev–Trinajstić information content (AvgIpc) is 2.49. The van der Waals surface area contributed by atoms with E-state index in [4.69, 9.17) is 0 Å². The van der Waals surface area contributed by atoms with E-state index in [1.54, 1.807) is 17.3 Å². The van der Waals surface area contributed by atoms with Crippen molar-refractivity contribution in [3.05, 3.63) is 53.9 Å². The van der Waals surface area contributed by atoms with E-state index in [9.17, 15) is 4.79 Å². The summed E-state index contributed by atoms with van der Waals surface area (Å²) in [6, 6.07) is 10.1. The van der Waals surface area contributed by atoms with E-state index < -0.39 is 0 Å². The molecule has 0 fully saturated rings. The Labute approximate surface area is 120 Å². The minimum Gasteiger partial charge on any atom is -0.339 e. The molecule has 20 heavy (non-hydrogen) atoms. The van der Waals surface area contributed by atoms with Crippen molar-refractivity contribution in [3.8, 4) is 11.1 Å². The fourth-order valence-corrected chi connectivity index (χ4v) is 2.29. The first-order valence-electron chi connectivity index (χ1n) is 6.97. The zero-order valence-corrected chi connectivity index (χ0v) is 12.3. The summed E-state index contributed by atoms with van der Waals surface area (Å²) < 4.78 is 0. The summed E-state index contributed by atoms with van der Waals surface area (Å²) in [5, 5.41) is 0. The number of aromatic nitrogens is 1. The lowest BCUT2D eigenvalue weighted by Crippen LogP contribution is -2.30. The van der Waals surface area contributed by atoms with Gasteiger partial charge in [-0.25, -0.2) is 0 Å². The Bertz CT molecular complexity index is 603. The van der Waals surface area contributed by atoms with Gasteiger partial charge in [-0.15, -0.1) is 0 Å². The predicted molar refractivity (Wildman–Crippen MR) is 81.7 cm³/mol. The molecule has 0 aliphatic rings. The molecule has 1 heterocycles. The molecule has 3 nitrogen and oxygen atoms in total. The molecular formula is C17H20N2O. The summed E-state index contributed by atoms with van der Waals surface area (Å²) in [6.07, 6.45) is 3.45. The fourth-order valence-electron chi connectivity index (χ4n) is 2.29. The summed E-state index contributed by atoms with van der Waals surface area (Å²) >= 11 is 0. The monoisotopic (exact) mass is 268 g/mol. The van der Waals surface area contributed by atoms with Crippen molar-refractivity contribution in [1.82, 2.24) is 9.88 Å². The van der Waals surface area contributed by atoms with Gasteiger partial charge in [-0.1, -0.05) is 24.3 Å². The molecule has 0 atom stereocenters. The van der Waals surface area contributed by atoms with E-state index in [2.05, 4.69) is 24.0 Å². The minimum absolute atomic E-state index is 0.0398. The maximum Gasteiger partial charge on any atom is 0.255 e. The van der Waals surface area contributed by atoms with Gasteiger partial charge in [0.05, 0.1) is 5.56 Å². The first-order chi connectivity index (χ1) is 9.67. The number of benzene rings is 1. The number of carbonyl (C=O) groups is 1. The Hall–Kier alpha value is -2.16. The van der Waals surface area contributed by atoms with Crippen molar-refractivity contribution < 1.29 is 4.79 Å². The van der Waals surface area contributed by atoms with Gasteiger partial charge in [-0.2, -0.15) is 0 Å². The largest absolute Gasteiger partial charge is 0.339 e. The second-order valence-electron chi connectivity index (χ2n) is 4.75. The molecule has 0 aliphatic carbocycles. The molecule has 0 bridgehead atoms. The average molecular weight is 268 g/mol. The molecule has 1 amide bonds. The lowest BCUT2D eigenvalue weighted by molar-refractivity contribution is 0.0772. The molecule has 3 heteroatoms. The van der Waals surface area contributed by atoms with Crippen molar-refractivity contribution in [2.75, 3.05) is 13.1 Å². The smallest absolute Gasteiger partial charge is 0.255 e. The minimum atomic E-state index is 0.0398. The summed E-state index contributed by atoms with van der Waals surface area (Å²) in [5.41, 5.74) is 3.94. The van der Waals surface area contributed by atoms with Crippen LogP contribution >= 0.6 is 0 Å². The Kier molecular flexibility index (Phi) is 4.51. The van der Waals surface area contributed by atoms with Crippen LogP contribution in [0.15, 0.2) is 42.7 Å². The highest BCUT2D eigenvalue weighted by Gasteiger charge is 2.13. The molecule has 0 unspecified atom stereocenters. The quantitative estimate of drug-likeness (QED) is 0.849. The van der Waals surface area contributed by atoms with Crippen LogP contribution in [0.4, 0.5) is 0 Å². The number of rotatable bonds is 4. The van der Waals surface area contributed by atoms with Crippen LogP contribution in [0.1, 0.15) is 29.8 Å². The van der Waals surface area contributed by atoms with Crippen LogP contribution in [0.25, 0.3) is 11.1 Å². The van der Waals surface area contributed by atoms with Gasteiger partial charge in [-0.05, 0) is 38.0 Å². The number of nitrogens with zero attached hydrogens (tertiary/aromatic N) is 2. The molecule has 104 valence electrons. The third-order valence-electron chi connectivity index (χ3n) is 3.49. The fraction of sp³-hybridized carbons (Fsp3) is 0.294. The van der Waals surface area contributed by atoms with Gasteiger partial charge in [0.1, 0.15) is 0 Å². The van der Waals surface area contributed by atoms with E-state index >= 15 is 0 Å². The number of amides is 1. The maximum atomic E-state index is 12.4. The zero-order chi connectivity index (χ0) is 14.5. The normalized spacial score (nSPS) is 10.3. The highest BCUT2D eigenvalue weighted by atomic mass is 16.2. The Morgan fingerprint density at radius 2 is 1.85 bits per heavy atom. The van der Waals surface area contributed by atoms with Gasteiger partial charge in [-0.3, -0.25) is 9.78 Å². The van der Waals surface area contributed by atoms with Gasteiger partial charge in [0.2, 0.25) is 0 Å². The second-order valence-corrected chi connectivity index (χ2v) is 4.75. The van der Waals surface area contributed by atoms with Crippen molar-refractivity contribution in [2.45, 2.75) is 20.8 Å². The third-order valence-corrected chi connectivity index (χ3v) is 3.49. The Morgan fingerprint density at radius 1 is 1.15 bits per heavy atom. The Balaban J connectivity index is 2.38. The Morgan fingerprint density at radius 3 is 2.50 bits per heavy atom. The van der Waals surface area contributed by atoms with Crippen molar-refractivity contribution in [2.24, 2.45) is 0 Å². The second kappa shape index (κ2) is 6.33. The van der Waals surface area contributed by atoms with Crippen molar-refractivity contribution in [3.63, 3.8) is 0 Å². The van der Waals surface area contributed by atoms with Crippen LogP contribution in [0.2, 0.25) is 0 Å². The maximum absolute atomic E-state index is 12.4. The highest BCUT2D eigenvalue weighted by Crippen LogP contribution is 2.23. The van der Waals surface area contributed by atoms with E-state index in [1.165, 1.54) is 5.56 Å². The summed E-state index contributed by atoms with van der Waals surface area (Å²) in [6.45, 7) is 7.46. The first kappa shape index (κ1) is 14.3. The molecule has 0 aliphatic heterocycles. The lowest BCUT2D eigenvalue weighted by atomic mass is 10.0. The van der Waals surface area contributed by atoms with Gasteiger partial charge in [0.15, 0.2) is 0 Å². The summed E-state index contributed by atoms with van der Waals surface area (Å²) in [4.78, 5) is 18.4. The third kappa shape index (κ3) is 2.87. The van der Waals surface area contributed by atoms with E-state index in [0.717, 1.165) is 11.1 Å². The summed E-state index contributed by atoms with van der Waals surface area (Å²) in [5.74, 6) is 0.0398. The number of hydrogen-bond acceptors (Lipinski definition) is 2. The molecule has 1 aromatic carbocycles. The number of carbonyl (C=O) groups excluding carboxylic acids is 1. The molecule has 0 saturated heterocycles. The SMILES string of the molecule is CCN(CC)C(=O)c1cncc(-c2ccccc2C)c1. The standard InChI is InChI=1S/C17H20N2O/c1-4-19(5-2)17(20)15-10-14(11-18-12-15)16-9-7-6-8-13(16)3/h6-12H,4-5H2,1-3H3. The van der Waals surface area contributed by atoms with Crippen LogP contribution < -0.4 is 0 Å². The zero-order valence-electron chi connectivity index (χ0n) is 12.3. The van der Waals surface area contributed by atoms with Crippen LogP contribution in [0, 0.1) is 6.92 Å². The lowest BCUT2D eigenvalue weighted by Gasteiger charge is -2.18. The number of aryl methyl sites for hydroxylation is 1. The van der Waals surface area contributed by atoms with Gasteiger partial charge in [0, 0.05) is 31.0 Å². The van der Waals surface area contributed by atoms with Crippen LogP contribution in [0.5, 0.6) is 0 Å². The molecule has 0 radical (unpaired) electrons. The van der Waals surface area contributed by atoms with Crippen molar-refractivity contribution >= 4 is 5.91 Å². The molecule has 0 saturated carbocycles. The molecule has 0 spiro atoms. The molecule has 2 aromatic rings. The van der Waals surface area contributed by atoms with E-state index in [-0.39, 0.29) is 5.91 Å². The molecule has 1 aromatic heterocycles. The predicted octanol–water partition coefficient (Wildman–Crippen LogP) is 3.54. The number of pyridine rings is 1. The molecular weight excluding hydrogens is 248 g/mol. The van der Waals surface area contributed by atoms with E-state index in [1.807, 2.05) is 32.0 Å². The van der Waals surface area contributed by atoms with E-state index in [0.29, 0.717) is 18.7 Å².